The topological polar surface area (TPSA) is 12.0 Å². The van der Waals surface area contributed by atoms with Crippen LogP contribution in [0.15, 0.2) is 122 Å². The van der Waals surface area contributed by atoms with Crippen LogP contribution in [0.4, 0.5) is 5.69 Å². The quantitative estimate of drug-likeness (QED) is 0.262. The Hall–Kier alpha value is -4.36. The average Bonchev–Trinajstić information content (AvgIpc) is 2.89. The van der Waals surface area contributed by atoms with Crippen molar-refractivity contribution in [1.82, 2.24) is 0 Å². The highest BCUT2D eigenvalue weighted by atomic mass is 14.8. The molecule has 0 spiro atoms. The highest BCUT2D eigenvalue weighted by Crippen LogP contribution is 2.33. The minimum atomic E-state index is 0.920. The fourth-order valence-corrected chi connectivity index (χ4v) is 4.23. The highest BCUT2D eigenvalue weighted by molar-refractivity contribution is 6.05. The van der Waals surface area contributed by atoms with Crippen LogP contribution in [0.2, 0.25) is 0 Å². The summed E-state index contributed by atoms with van der Waals surface area (Å²) in [5.74, 6) is 0. The zero-order chi connectivity index (χ0) is 24.6. The fraction of sp³-hybridized carbons (Fsp3) is 0.0588. The van der Waals surface area contributed by atoms with Crippen LogP contribution in [0.1, 0.15) is 34.7 Å². The summed E-state index contributed by atoms with van der Waals surface area (Å²) in [4.78, 5) is 0. The summed E-state index contributed by atoms with van der Waals surface area (Å²) < 4.78 is 0. The molecule has 0 saturated heterocycles. The van der Waals surface area contributed by atoms with Gasteiger partial charge in [0, 0.05) is 11.9 Å². The van der Waals surface area contributed by atoms with Gasteiger partial charge in [-0.25, -0.2) is 0 Å². The van der Waals surface area contributed by atoms with Crippen molar-refractivity contribution in [1.29, 1.82) is 0 Å². The minimum absolute atomic E-state index is 0.920. The number of aryl methyl sites for hydroxylation is 1. The van der Waals surface area contributed by atoms with E-state index in [1.807, 2.05) is 49.5 Å². The van der Waals surface area contributed by atoms with Crippen molar-refractivity contribution in [2.45, 2.75) is 13.8 Å². The van der Waals surface area contributed by atoms with Crippen LogP contribution in [-0.4, -0.2) is 0 Å². The second kappa shape index (κ2) is 11.2. The third-order valence-electron chi connectivity index (χ3n) is 5.98. The summed E-state index contributed by atoms with van der Waals surface area (Å²) in [6.07, 6.45) is 8.24. The monoisotopic (exact) mass is 453 g/mol. The Morgan fingerprint density at radius 2 is 1.23 bits per heavy atom. The van der Waals surface area contributed by atoms with Crippen molar-refractivity contribution >= 4 is 29.0 Å². The fourth-order valence-electron chi connectivity index (χ4n) is 4.23. The number of hydrogen-bond acceptors (Lipinski definition) is 1. The van der Waals surface area contributed by atoms with Gasteiger partial charge in [-0.2, -0.15) is 0 Å². The van der Waals surface area contributed by atoms with Crippen LogP contribution < -0.4 is 5.32 Å². The second-order valence-electron chi connectivity index (χ2n) is 8.56. The number of anilines is 1. The van der Waals surface area contributed by atoms with Crippen LogP contribution in [-0.2, 0) is 0 Å². The Balaban J connectivity index is 1.57. The predicted molar refractivity (Wildman–Crippen MR) is 155 cm³/mol. The first kappa shape index (κ1) is 23.8. The van der Waals surface area contributed by atoms with Gasteiger partial charge in [-0.05, 0) is 82.1 Å². The first-order valence-corrected chi connectivity index (χ1v) is 11.9. The summed E-state index contributed by atoms with van der Waals surface area (Å²) in [5, 5.41) is 3.46. The van der Waals surface area contributed by atoms with E-state index in [-0.39, 0.29) is 0 Å². The first-order chi connectivity index (χ1) is 17.1. The maximum atomic E-state index is 4.41. The van der Waals surface area contributed by atoms with Crippen molar-refractivity contribution < 1.29 is 0 Å². The molecule has 0 aliphatic carbocycles. The van der Waals surface area contributed by atoms with E-state index in [1.165, 1.54) is 16.7 Å². The van der Waals surface area contributed by atoms with E-state index >= 15 is 0 Å². The zero-order valence-electron chi connectivity index (χ0n) is 20.5. The van der Waals surface area contributed by atoms with Gasteiger partial charge in [-0.15, -0.1) is 0 Å². The Kier molecular flexibility index (Phi) is 7.60. The largest absolute Gasteiger partial charge is 0.362 e. The second-order valence-corrected chi connectivity index (χ2v) is 8.56. The molecule has 0 aliphatic rings. The number of rotatable bonds is 8. The lowest BCUT2D eigenvalue weighted by atomic mass is 9.89. The van der Waals surface area contributed by atoms with E-state index in [0.717, 1.165) is 39.1 Å². The number of allylic oxidation sites excluding steroid dienone is 3. The minimum Gasteiger partial charge on any atom is -0.362 e. The number of hydrogen-bond donors (Lipinski definition) is 1. The summed E-state index contributed by atoms with van der Waals surface area (Å²) in [7, 11) is 0. The Morgan fingerprint density at radius 1 is 0.657 bits per heavy atom. The van der Waals surface area contributed by atoms with Crippen molar-refractivity contribution in [2.24, 2.45) is 0 Å². The molecule has 0 aliphatic heterocycles. The Labute approximate surface area is 209 Å². The van der Waals surface area contributed by atoms with Crippen molar-refractivity contribution in [3.8, 4) is 11.1 Å². The molecular weight excluding hydrogens is 422 g/mol. The van der Waals surface area contributed by atoms with Crippen molar-refractivity contribution in [3.63, 3.8) is 0 Å². The van der Waals surface area contributed by atoms with Gasteiger partial charge in [0.1, 0.15) is 0 Å². The van der Waals surface area contributed by atoms with Crippen LogP contribution in [0.25, 0.3) is 34.4 Å². The van der Waals surface area contributed by atoms with E-state index in [9.17, 15) is 0 Å². The molecule has 1 N–H and O–H groups in total. The van der Waals surface area contributed by atoms with Crippen LogP contribution >= 0.6 is 0 Å². The van der Waals surface area contributed by atoms with Gasteiger partial charge in [-0.3, -0.25) is 0 Å². The normalized spacial score (nSPS) is 11.1. The van der Waals surface area contributed by atoms with Gasteiger partial charge in [0.05, 0.1) is 0 Å². The molecule has 1 heteroatoms. The molecule has 0 bridgehead atoms. The van der Waals surface area contributed by atoms with E-state index in [4.69, 9.17) is 0 Å². The number of nitrogens with one attached hydrogen (secondary N) is 1. The maximum absolute atomic E-state index is 4.41. The van der Waals surface area contributed by atoms with Gasteiger partial charge in [0.2, 0.25) is 0 Å². The molecule has 4 rings (SSSR count). The van der Waals surface area contributed by atoms with Gasteiger partial charge in [0.15, 0.2) is 0 Å². The van der Waals surface area contributed by atoms with Crippen molar-refractivity contribution in [3.05, 3.63) is 150 Å². The third-order valence-corrected chi connectivity index (χ3v) is 5.98. The summed E-state index contributed by atoms with van der Waals surface area (Å²) in [6, 6.07) is 33.6. The van der Waals surface area contributed by atoms with E-state index < -0.39 is 0 Å². The molecule has 4 aromatic carbocycles. The summed E-state index contributed by atoms with van der Waals surface area (Å²) >= 11 is 0. The summed E-state index contributed by atoms with van der Waals surface area (Å²) in [6.45, 7) is 12.9. The van der Waals surface area contributed by atoms with Gasteiger partial charge in [-0.1, -0.05) is 110 Å². The summed E-state index contributed by atoms with van der Waals surface area (Å²) in [5.41, 5.74) is 10.9. The lowest BCUT2D eigenvalue weighted by Gasteiger charge is -2.15. The maximum Gasteiger partial charge on any atom is 0.0388 e. The zero-order valence-corrected chi connectivity index (χ0v) is 20.5. The highest BCUT2D eigenvalue weighted by Gasteiger charge is 2.11. The molecule has 0 saturated carbocycles. The van der Waals surface area contributed by atoms with Crippen LogP contribution in [0.5, 0.6) is 0 Å². The molecule has 0 amide bonds. The van der Waals surface area contributed by atoms with E-state index in [0.29, 0.717) is 0 Å². The average molecular weight is 454 g/mol. The molecule has 0 aromatic heterocycles. The molecule has 0 unspecified atom stereocenters. The molecule has 0 fully saturated rings. The molecular formula is C34H31N. The Bertz CT molecular complexity index is 1400. The molecule has 172 valence electrons. The molecule has 0 radical (unpaired) electrons. The SMILES string of the molecule is C=C(C(=C)c1ccccc1/C=C\Nc1cc(C)cc(-c2ccccc2)c1)c1ccccc1/C=C\C. The van der Waals surface area contributed by atoms with Crippen LogP contribution in [0, 0.1) is 6.92 Å². The first-order valence-electron chi connectivity index (χ1n) is 11.9. The van der Waals surface area contributed by atoms with E-state index in [1.54, 1.807) is 0 Å². The third kappa shape index (κ3) is 5.77. The van der Waals surface area contributed by atoms with Crippen molar-refractivity contribution in [2.75, 3.05) is 5.32 Å². The standard InChI is InChI=1S/C34H31N/c1-5-13-29-16-9-11-18-33(29)26(3)27(4)34-19-12-10-17-30(34)20-21-35-32-23-25(2)22-31(24-32)28-14-7-6-8-15-28/h5-24,35H,3-4H2,1-2H3/b13-5-,21-20-. The lowest BCUT2D eigenvalue weighted by molar-refractivity contribution is 1.45. The molecule has 0 atom stereocenters. The smallest absolute Gasteiger partial charge is 0.0388 e. The van der Waals surface area contributed by atoms with Gasteiger partial charge < -0.3 is 5.32 Å². The van der Waals surface area contributed by atoms with Gasteiger partial charge >= 0.3 is 0 Å². The molecule has 0 heterocycles. The van der Waals surface area contributed by atoms with Crippen LogP contribution in [0.3, 0.4) is 0 Å². The molecule has 1 nitrogen and oxygen atoms in total. The lowest BCUT2D eigenvalue weighted by Crippen LogP contribution is -1.94. The van der Waals surface area contributed by atoms with E-state index in [2.05, 4.69) is 104 Å². The van der Waals surface area contributed by atoms with Gasteiger partial charge in [0.25, 0.3) is 0 Å². The Morgan fingerprint density at radius 3 is 1.86 bits per heavy atom. The number of benzene rings is 4. The molecule has 35 heavy (non-hydrogen) atoms. The molecule has 4 aromatic rings. The predicted octanol–water partition coefficient (Wildman–Crippen LogP) is 9.50.